The van der Waals surface area contributed by atoms with Gasteiger partial charge in [-0.25, -0.2) is 9.78 Å². The van der Waals surface area contributed by atoms with Gasteiger partial charge in [-0.05, 0) is 25.5 Å². The quantitative estimate of drug-likeness (QED) is 0.206. The number of rotatable bonds is 13. The van der Waals surface area contributed by atoms with Crippen LogP contribution in [0.1, 0.15) is 37.2 Å². The molecule has 4 N–H and O–H groups in total. The lowest BCUT2D eigenvalue weighted by atomic mass is 10.1. The van der Waals surface area contributed by atoms with E-state index in [-0.39, 0.29) is 26.0 Å². The smallest absolute Gasteiger partial charge is 0.326 e. The molecular weight excluding hydrogens is 500 g/mol. The minimum Gasteiger partial charge on any atom is -0.480 e. The zero-order valence-corrected chi connectivity index (χ0v) is 21.9. The van der Waals surface area contributed by atoms with Crippen LogP contribution in [0.2, 0.25) is 0 Å². The number of ether oxygens (including phenoxy) is 1. The summed E-state index contributed by atoms with van der Waals surface area (Å²) >= 11 is 0. The van der Waals surface area contributed by atoms with Crippen molar-refractivity contribution in [1.82, 2.24) is 30.4 Å². The Labute approximate surface area is 225 Å². The first kappa shape index (κ1) is 27.5. The zero-order valence-electron chi connectivity index (χ0n) is 21.9. The topological polar surface area (TPSA) is 151 Å². The van der Waals surface area contributed by atoms with Crippen LogP contribution in [0, 0.1) is 0 Å². The number of nitrogens with one attached hydrogen (secondary N) is 3. The molecule has 2 aromatic carbocycles. The standard InChI is InChI=1S/C28H32N6O5/c1-28(2,27(38)30-13-12-25(35)32-22(26(36)37)14-20-15-29-18-31-20)39-17-23-21-10-6-7-11-24(21)34(33-23)16-19-8-4-3-5-9-19/h3-11,15,18,22H,12-14,16-17H2,1-2H3,(H,29,31)(H,30,38)(H,32,35)(H,36,37)/t22-/m1/s1. The summed E-state index contributed by atoms with van der Waals surface area (Å²) in [6.07, 6.45) is 2.93. The number of aliphatic carboxylic acids is 1. The van der Waals surface area contributed by atoms with Gasteiger partial charge in [0.15, 0.2) is 0 Å². The third-order valence-electron chi connectivity index (χ3n) is 6.28. The van der Waals surface area contributed by atoms with E-state index >= 15 is 0 Å². The largest absolute Gasteiger partial charge is 0.480 e. The van der Waals surface area contributed by atoms with Gasteiger partial charge in [0.2, 0.25) is 5.91 Å². The van der Waals surface area contributed by atoms with Crippen LogP contribution < -0.4 is 10.6 Å². The lowest BCUT2D eigenvalue weighted by molar-refractivity contribution is -0.144. The number of amides is 2. The number of carboxylic acids is 1. The van der Waals surface area contributed by atoms with Gasteiger partial charge in [-0.3, -0.25) is 14.3 Å². The number of benzene rings is 2. The first-order chi connectivity index (χ1) is 18.7. The highest BCUT2D eigenvalue weighted by molar-refractivity contribution is 5.86. The third-order valence-corrected chi connectivity index (χ3v) is 6.28. The highest BCUT2D eigenvalue weighted by atomic mass is 16.5. The second kappa shape index (κ2) is 12.4. The van der Waals surface area contributed by atoms with Gasteiger partial charge < -0.3 is 25.5 Å². The normalized spacial score (nSPS) is 12.3. The Morgan fingerprint density at radius 1 is 1.10 bits per heavy atom. The Hall–Kier alpha value is -4.51. The van der Waals surface area contributed by atoms with Crippen molar-refractivity contribution in [3.05, 3.63) is 84.1 Å². The number of hydrogen-bond donors (Lipinski definition) is 4. The van der Waals surface area contributed by atoms with Gasteiger partial charge in [0.1, 0.15) is 11.6 Å². The lowest BCUT2D eigenvalue weighted by Gasteiger charge is -2.24. The van der Waals surface area contributed by atoms with Crippen LogP contribution in [-0.2, 0) is 38.7 Å². The molecule has 11 nitrogen and oxygen atoms in total. The van der Waals surface area contributed by atoms with Gasteiger partial charge in [-0.2, -0.15) is 5.10 Å². The molecule has 0 saturated carbocycles. The third kappa shape index (κ3) is 7.29. The maximum atomic E-state index is 12.8. The molecule has 2 aromatic heterocycles. The van der Waals surface area contributed by atoms with Crippen molar-refractivity contribution in [2.24, 2.45) is 0 Å². The molecule has 0 unspecified atom stereocenters. The number of nitrogens with zero attached hydrogens (tertiary/aromatic N) is 3. The predicted molar refractivity (Wildman–Crippen MR) is 144 cm³/mol. The Morgan fingerprint density at radius 2 is 1.85 bits per heavy atom. The number of H-pyrrole nitrogens is 1. The van der Waals surface area contributed by atoms with Crippen LogP contribution >= 0.6 is 0 Å². The summed E-state index contributed by atoms with van der Waals surface area (Å²) in [6.45, 7) is 4.06. The predicted octanol–water partition coefficient (Wildman–Crippen LogP) is 2.42. The Morgan fingerprint density at radius 3 is 2.56 bits per heavy atom. The van der Waals surface area contributed by atoms with Crippen LogP contribution in [0.5, 0.6) is 0 Å². The summed E-state index contributed by atoms with van der Waals surface area (Å²) < 4.78 is 7.91. The first-order valence-corrected chi connectivity index (χ1v) is 12.6. The summed E-state index contributed by atoms with van der Waals surface area (Å²) in [6, 6.07) is 16.8. The summed E-state index contributed by atoms with van der Waals surface area (Å²) in [5.74, 6) is -2.04. The number of para-hydroxylation sites is 1. The van der Waals surface area contributed by atoms with Crippen molar-refractivity contribution < 1.29 is 24.2 Å². The fourth-order valence-corrected chi connectivity index (χ4v) is 4.08. The molecule has 2 amide bonds. The van der Waals surface area contributed by atoms with Crippen molar-refractivity contribution in [2.45, 2.75) is 51.5 Å². The number of imidazole rings is 1. The number of carbonyl (C=O) groups is 3. The number of fused-ring (bicyclic) bond motifs is 1. The van der Waals surface area contributed by atoms with E-state index in [2.05, 4.69) is 20.6 Å². The molecule has 4 rings (SSSR count). The Bertz CT molecular complexity index is 1420. The van der Waals surface area contributed by atoms with E-state index < -0.39 is 29.4 Å². The van der Waals surface area contributed by atoms with Gasteiger partial charge in [-0.1, -0.05) is 48.5 Å². The summed E-state index contributed by atoms with van der Waals surface area (Å²) in [5, 5.41) is 20.3. The van der Waals surface area contributed by atoms with Crippen LogP contribution in [0.3, 0.4) is 0 Å². The number of carbonyl (C=O) groups excluding carboxylic acids is 2. The molecule has 11 heteroatoms. The van der Waals surface area contributed by atoms with Crippen LogP contribution in [0.25, 0.3) is 10.9 Å². The highest BCUT2D eigenvalue weighted by Crippen LogP contribution is 2.22. The Kier molecular flexibility index (Phi) is 8.72. The summed E-state index contributed by atoms with van der Waals surface area (Å²) in [5.41, 5.74) is 2.22. The van der Waals surface area contributed by atoms with Crippen molar-refractivity contribution in [3.63, 3.8) is 0 Å². The molecule has 1 atom stereocenters. The van der Waals surface area contributed by atoms with Gasteiger partial charge in [0.25, 0.3) is 5.91 Å². The summed E-state index contributed by atoms with van der Waals surface area (Å²) in [4.78, 5) is 43.3. The van der Waals surface area contributed by atoms with Crippen molar-refractivity contribution >= 4 is 28.7 Å². The number of carboxylic acid groups (broad SMARTS) is 1. The zero-order chi connectivity index (χ0) is 27.8. The molecule has 0 aliphatic carbocycles. The van der Waals surface area contributed by atoms with Crippen molar-refractivity contribution in [1.29, 1.82) is 0 Å². The number of hydrogen-bond acceptors (Lipinski definition) is 6. The van der Waals surface area contributed by atoms with Gasteiger partial charge in [-0.15, -0.1) is 0 Å². The fraction of sp³-hybridized carbons (Fsp3) is 0.321. The molecular formula is C28H32N6O5. The van der Waals surface area contributed by atoms with Crippen LogP contribution in [0.15, 0.2) is 67.1 Å². The maximum absolute atomic E-state index is 12.8. The fourth-order valence-electron chi connectivity index (χ4n) is 4.08. The molecule has 0 radical (unpaired) electrons. The van der Waals surface area contributed by atoms with E-state index in [1.807, 2.05) is 59.3 Å². The second-order valence-electron chi connectivity index (χ2n) is 9.65. The molecule has 39 heavy (non-hydrogen) atoms. The highest BCUT2D eigenvalue weighted by Gasteiger charge is 2.29. The molecule has 0 fully saturated rings. The van der Waals surface area contributed by atoms with Crippen LogP contribution in [0.4, 0.5) is 0 Å². The molecule has 0 spiro atoms. The second-order valence-corrected chi connectivity index (χ2v) is 9.65. The van der Waals surface area contributed by atoms with Gasteiger partial charge in [0, 0.05) is 36.7 Å². The van der Waals surface area contributed by atoms with Gasteiger partial charge >= 0.3 is 5.97 Å². The van der Waals surface area contributed by atoms with E-state index in [1.54, 1.807) is 13.8 Å². The average Bonchev–Trinajstić information content (AvgIpc) is 3.56. The number of aromatic nitrogens is 4. The number of aromatic amines is 1. The van der Waals surface area contributed by atoms with Gasteiger partial charge in [0.05, 0.1) is 30.7 Å². The van der Waals surface area contributed by atoms with Crippen LogP contribution in [-0.4, -0.2) is 60.8 Å². The van der Waals surface area contributed by atoms with E-state index in [1.165, 1.54) is 12.5 Å². The Balaban J connectivity index is 1.30. The molecule has 2 heterocycles. The molecule has 0 bridgehead atoms. The lowest BCUT2D eigenvalue weighted by Crippen LogP contribution is -2.46. The molecule has 4 aromatic rings. The minimum absolute atomic E-state index is 0.0302. The monoisotopic (exact) mass is 532 g/mol. The van der Waals surface area contributed by atoms with Crippen molar-refractivity contribution in [3.8, 4) is 0 Å². The maximum Gasteiger partial charge on any atom is 0.326 e. The first-order valence-electron chi connectivity index (χ1n) is 12.6. The average molecular weight is 533 g/mol. The van der Waals surface area contributed by atoms with E-state index in [4.69, 9.17) is 9.84 Å². The molecule has 0 aliphatic heterocycles. The molecule has 0 saturated heterocycles. The SMILES string of the molecule is CC(C)(OCc1nn(Cc2ccccc2)c2ccccc12)C(=O)NCCC(=O)N[C@H](Cc1cnc[nH]1)C(=O)O. The van der Waals surface area contributed by atoms with Crippen molar-refractivity contribution in [2.75, 3.05) is 6.54 Å². The van der Waals surface area contributed by atoms with E-state index in [0.717, 1.165) is 22.2 Å². The van der Waals surface area contributed by atoms with E-state index in [0.29, 0.717) is 12.2 Å². The molecule has 0 aliphatic rings. The molecule has 204 valence electrons. The summed E-state index contributed by atoms with van der Waals surface area (Å²) in [7, 11) is 0. The van der Waals surface area contributed by atoms with E-state index in [9.17, 15) is 19.5 Å². The minimum atomic E-state index is -1.19.